The Labute approximate surface area is 217 Å². The Morgan fingerprint density at radius 1 is 0.625 bits per heavy atom. The predicted molar refractivity (Wildman–Crippen MR) is 155 cm³/mol. The second-order valence-corrected chi connectivity index (χ2v) is 21.6. The van der Waals surface area contributed by atoms with Crippen LogP contribution in [0.15, 0.2) is 44.1 Å². The minimum atomic E-state index is -0.970. The van der Waals surface area contributed by atoms with Gasteiger partial charge in [-0.15, -0.1) is 0 Å². The molecular weight excluding hydrogens is 458 g/mol. The third-order valence-corrected chi connectivity index (χ3v) is 8.31. The van der Waals surface area contributed by atoms with E-state index < -0.39 is 16.1 Å². The molecule has 1 aliphatic rings. The molecule has 0 fully saturated rings. The van der Waals surface area contributed by atoms with Crippen LogP contribution in [-0.2, 0) is 20.4 Å². The molecule has 0 unspecified atom stereocenters. The number of rotatable bonds is 3. The van der Waals surface area contributed by atoms with E-state index >= 15 is 0 Å². The Bertz CT molecular complexity index is 538. The maximum atomic E-state index is 3.50. The van der Waals surface area contributed by atoms with Crippen LogP contribution >= 0.6 is 0 Å². The van der Waals surface area contributed by atoms with Crippen molar-refractivity contribution < 1.29 is 20.4 Å². The molecule has 1 rings (SSSR count). The summed E-state index contributed by atoms with van der Waals surface area (Å²) in [5.74, 6) is 0. The van der Waals surface area contributed by atoms with Crippen LogP contribution in [0.1, 0.15) is 34.6 Å². The summed E-state index contributed by atoms with van der Waals surface area (Å²) in [4.78, 5) is 0. The van der Waals surface area contributed by atoms with Crippen LogP contribution in [0.5, 0.6) is 0 Å². The van der Waals surface area contributed by atoms with Gasteiger partial charge in [0.15, 0.2) is 0 Å². The Morgan fingerprint density at radius 2 is 0.875 bits per heavy atom. The summed E-state index contributed by atoms with van der Waals surface area (Å²) >= 11 is 2.25. The fourth-order valence-electron chi connectivity index (χ4n) is 2.28. The van der Waals surface area contributed by atoms with E-state index in [1.807, 2.05) is 0 Å². The monoisotopic (exact) mass is 513 g/mol. The predicted octanol–water partition coefficient (Wildman–Crippen LogP) is 8.90. The van der Waals surface area contributed by atoms with E-state index in [0.29, 0.717) is 5.41 Å². The molecule has 0 saturated carbocycles. The van der Waals surface area contributed by atoms with Crippen molar-refractivity contribution in [1.82, 2.24) is 0 Å². The molecular formula is C26H55N3Si2Ti. The summed E-state index contributed by atoms with van der Waals surface area (Å²) in [6.07, 6.45) is 4.45. The Kier molecular flexibility index (Phi) is 25.0. The van der Waals surface area contributed by atoms with Crippen molar-refractivity contribution in [3.63, 3.8) is 0 Å². The Balaban J connectivity index is -0.000000179. The molecule has 186 valence electrons. The molecule has 0 amide bonds. The average molecular weight is 514 g/mol. The van der Waals surface area contributed by atoms with Crippen molar-refractivity contribution in [2.75, 3.05) is 42.3 Å². The van der Waals surface area contributed by atoms with Gasteiger partial charge in [0, 0.05) is 0 Å². The van der Waals surface area contributed by atoms with Gasteiger partial charge in [-0.2, -0.15) is 42.3 Å². The molecule has 32 heavy (non-hydrogen) atoms. The molecule has 3 nitrogen and oxygen atoms in total. The first kappa shape index (κ1) is 39.2. The Morgan fingerprint density at radius 3 is 0.969 bits per heavy atom. The zero-order valence-corrected chi connectivity index (χ0v) is 28.2. The summed E-state index contributed by atoms with van der Waals surface area (Å²) in [5.41, 5.74) is 9.59. The zero-order chi connectivity index (χ0) is 26.8. The van der Waals surface area contributed by atoms with E-state index in [9.17, 15) is 0 Å². The van der Waals surface area contributed by atoms with Gasteiger partial charge in [0.25, 0.3) is 0 Å². The molecule has 1 aliphatic carbocycles. The number of hydrogen-bond acceptors (Lipinski definition) is 0. The maximum Gasteiger partial charge on any atom is 0.0686 e. The van der Waals surface area contributed by atoms with Gasteiger partial charge >= 0.3 is 81.1 Å². The van der Waals surface area contributed by atoms with Gasteiger partial charge in [-0.25, -0.2) is 0 Å². The second-order valence-electron chi connectivity index (χ2n) is 10.7. The SMILES string of the molecule is CC1=C(C)C(C)(C)[C]([Ti+3])=C1C.C[N-]C.C[N-]C.C[N-]C.C[Si](C)(C)C=CC=C[Si](C)(C)C. The molecule has 0 bridgehead atoms. The minimum Gasteiger partial charge on any atom is -0.668 e. The minimum absolute atomic E-state index is 0.314. The van der Waals surface area contributed by atoms with Crippen LogP contribution in [0.25, 0.3) is 16.0 Å². The summed E-state index contributed by atoms with van der Waals surface area (Å²) in [6.45, 7) is 25.4. The van der Waals surface area contributed by atoms with Crippen LogP contribution in [0.3, 0.4) is 0 Å². The maximum absolute atomic E-state index is 3.50. The van der Waals surface area contributed by atoms with Gasteiger partial charge in [-0.05, 0) is 0 Å². The van der Waals surface area contributed by atoms with Gasteiger partial charge in [-0.1, -0.05) is 62.8 Å². The van der Waals surface area contributed by atoms with Crippen molar-refractivity contribution in [3.05, 3.63) is 60.1 Å². The van der Waals surface area contributed by atoms with Crippen molar-refractivity contribution in [3.8, 4) is 0 Å². The first-order valence-corrected chi connectivity index (χ1v) is 19.2. The Hall–Kier alpha value is -0.0119. The quantitative estimate of drug-likeness (QED) is 0.267. The van der Waals surface area contributed by atoms with Crippen molar-refractivity contribution in [1.29, 1.82) is 0 Å². The van der Waals surface area contributed by atoms with Crippen molar-refractivity contribution >= 4 is 16.1 Å². The normalized spacial score (nSPS) is 15.3. The molecule has 0 aromatic heterocycles. The number of allylic oxidation sites excluding steroid dienone is 6. The van der Waals surface area contributed by atoms with Crippen LogP contribution in [0.2, 0.25) is 39.3 Å². The van der Waals surface area contributed by atoms with Gasteiger partial charge in [0.05, 0.1) is 16.1 Å². The third kappa shape index (κ3) is 23.2. The van der Waals surface area contributed by atoms with E-state index in [1.165, 1.54) is 20.6 Å². The largest absolute Gasteiger partial charge is 0.668 e. The fourth-order valence-corrected chi connectivity index (χ4v) is 4.24. The van der Waals surface area contributed by atoms with Crippen LogP contribution in [0, 0.1) is 5.41 Å². The first-order chi connectivity index (χ1) is 14.3. The summed E-state index contributed by atoms with van der Waals surface area (Å²) in [7, 11) is 8.56. The first-order valence-electron chi connectivity index (χ1n) is 11.3. The molecule has 0 spiro atoms. The average Bonchev–Trinajstić information content (AvgIpc) is 2.75. The summed E-state index contributed by atoms with van der Waals surface area (Å²) < 4.78 is 1.53. The summed E-state index contributed by atoms with van der Waals surface area (Å²) in [6, 6.07) is 0. The van der Waals surface area contributed by atoms with Gasteiger partial charge in [0.2, 0.25) is 0 Å². The fraction of sp³-hybridized carbons (Fsp3) is 0.692. The van der Waals surface area contributed by atoms with Gasteiger partial charge in [-0.3, -0.25) is 0 Å². The topological polar surface area (TPSA) is 42.3 Å². The molecule has 0 aromatic carbocycles. The summed E-state index contributed by atoms with van der Waals surface area (Å²) in [5, 5.41) is 10.5. The van der Waals surface area contributed by atoms with Crippen LogP contribution in [0.4, 0.5) is 0 Å². The standard InChI is InChI=1S/C10H22Si2.C10H15.3C2H6N.Ti/c1-11(2,3)9-7-8-10-12(4,5)6;1-7-6-10(4,5)9(3)8(7)2;3*1-3-2;/h7-10H,1-6H3;1-5H3;3*1-2H3;/q;;3*-1;+3. The molecule has 6 heteroatoms. The second kappa shape index (κ2) is 20.4. The molecule has 0 saturated heterocycles. The van der Waals surface area contributed by atoms with Crippen LogP contribution in [-0.4, -0.2) is 58.4 Å². The van der Waals surface area contributed by atoms with Gasteiger partial charge < -0.3 is 16.0 Å². The van der Waals surface area contributed by atoms with Gasteiger partial charge in [0.1, 0.15) is 0 Å². The third-order valence-electron chi connectivity index (χ3n) is 4.37. The number of hydrogen-bond donors (Lipinski definition) is 0. The molecule has 0 N–H and O–H groups in total. The van der Waals surface area contributed by atoms with E-state index in [4.69, 9.17) is 0 Å². The molecule has 0 aromatic rings. The van der Waals surface area contributed by atoms with E-state index in [0.717, 1.165) is 0 Å². The van der Waals surface area contributed by atoms with Crippen molar-refractivity contribution in [2.45, 2.75) is 73.9 Å². The van der Waals surface area contributed by atoms with E-state index in [1.54, 1.807) is 42.3 Å². The van der Waals surface area contributed by atoms with Crippen molar-refractivity contribution in [2.24, 2.45) is 5.41 Å². The van der Waals surface area contributed by atoms with Crippen LogP contribution < -0.4 is 0 Å². The molecule has 0 heterocycles. The molecule has 0 atom stereocenters. The molecule has 0 aliphatic heterocycles. The molecule has 0 radical (unpaired) electrons. The zero-order valence-electron chi connectivity index (χ0n) is 24.7. The number of nitrogens with zero attached hydrogens (tertiary/aromatic N) is 3. The van der Waals surface area contributed by atoms with E-state index in [2.05, 4.69) is 134 Å². The smallest absolute Gasteiger partial charge is 0.0686 e. The van der Waals surface area contributed by atoms with E-state index in [-0.39, 0.29) is 0 Å².